The summed E-state index contributed by atoms with van der Waals surface area (Å²) in [6.07, 6.45) is 5.79. The lowest BCUT2D eigenvalue weighted by Crippen LogP contribution is -2.11. The number of hydrogen-bond acceptors (Lipinski definition) is 3. The molecule has 0 radical (unpaired) electrons. The minimum atomic E-state index is -0.327. The standard InChI is InChI=1S/C16H22N2O2/c1-3-18-12-14(11-17-18)10-15(19)7-4-13-5-8-16(20-2)9-6-13/h5-6,8-9,11-12,15,19H,3-4,7,10H2,1-2H3. The van der Waals surface area contributed by atoms with Crippen LogP contribution in [0, 0.1) is 0 Å². The van der Waals surface area contributed by atoms with Crippen LogP contribution in [0.4, 0.5) is 0 Å². The van der Waals surface area contributed by atoms with Crippen molar-refractivity contribution in [3.05, 3.63) is 47.8 Å². The molecule has 2 rings (SSSR count). The third kappa shape index (κ3) is 4.10. The molecule has 108 valence electrons. The fourth-order valence-corrected chi connectivity index (χ4v) is 2.18. The SMILES string of the molecule is CCn1cc(CC(O)CCc2ccc(OC)cc2)cn1. The van der Waals surface area contributed by atoms with Crippen molar-refractivity contribution in [1.82, 2.24) is 9.78 Å². The Morgan fingerprint density at radius 3 is 2.60 bits per heavy atom. The predicted molar refractivity (Wildman–Crippen MR) is 78.9 cm³/mol. The molecule has 0 aliphatic heterocycles. The Balaban J connectivity index is 1.80. The van der Waals surface area contributed by atoms with Crippen molar-refractivity contribution >= 4 is 0 Å². The molecule has 1 unspecified atom stereocenters. The van der Waals surface area contributed by atoms with Crippen molar-refractivity contribution in [1.29, 1.82) is 0 Å². The van der Waals surface area contributed by atoms with E-state index in [-0.39, 0.29) is 6.10 Å². The summed E-state index contributed by atoms with van der Waals surface area (Å²) in [7, 11) is 1.66. The van der Waals surface area contributed by atoms with Crippen LogP contribution in [0.2, 0.25) is 0 Å². The molecule has 4 heteroatoms. The van der Waals surface area contributed by atoms with Gasteiger partial charge in [0.15, 0.2) is 0 Å². The van der Waals surface area contributed by atoms with Gasteiger partial charge in [-0.3, -0.25) is 4.68 Å². The van der Waals surface area contributed by atoms with E-state index in [4.69, 9.17) is 4.74 Å². The second-order valence-electron chi connectivity index (χ2n) is 4.95. The molecule has 0 aliphatic rings. The van der Waals surface area contributed by atoms with Gasteiger partial charge in [0.2, 0.25) is 0 Å². The molecule has 0 amide bonds. The summed E-state index contributed by atoms with van der Waals surface area (Å²) in [6.45, 7) is 2.92. The number of benzene rings is 1. The Morgan fingerprint density at radius 1 is 1.25 bits per heavy atom. The number of aromatic nitrogens is 2. The van der Waals surface area contributed by atoms with Gasteiger partial charge in [-0.1, -0.05) is 12.1 Å². The number of nitrogens with zero attached hydrogens (tertiary/aromatic N) is 2. The van der Waals surface area contributed by atoms with E-state index in [0.717, 1.165) is 30.7 Å². The molecule has 20 heavy (non-hydrogen) atoms. The molecule has 4 nitrogen and oxygen atoms in total. The summed E-state index contributed by atoms with van der Waals surface area (Å²) in [4.78, 5) is 0. The van der Waals surface area contributed by atoms with Gasteiger partial charge in [0.1, 0.15) is 5.75 Å². The van der Waals surface area contributed by atoms with E-state index in [1.807, 2.05) is 41.3 Å². The van der Waals surface area contributed by atoms with Crippen molar-refractivity contribution in [3.8, 4) is 5.75 Å². The van der Waals surface area contributed by atoms with Crippen molar-refractivity contribution in [2.24, 2.45) is 0 Å². The van der Waals surface area contributed by atoms with E-state index in [9.17, 15) is 5.11 Å². The Hall–Kier alpha value is -1.81. The summed E-state index contributed by atoms with van der Waals surface area (Å²) < 4.78 is 7.01. The number of aryl methyl sites for hydroxylation is 2. The third-order valence-electron chi connectivity index (χ3n) is 3.41. The van der Waals surface area contributed by atoms with Gasteiger partial charge in [-0.15, -0.1) is 0 Å². The van der Waals surface area contributed by atoms with Gasteiger partial charge in [-0.05, 0) is 43.0 Å². The van der Waals surface area contributed by atoms with Gasteiger partial charge >= 0.3 is 0 Å². The van der Waals surface area contributed by atoms with E-state index in [0.29, 0.717) is 6.42 Å². The molecule has 0 saturated carbocycles. The summed E-state index contributed by atoms with van der Waals surface area (Å²) in [6, 6.07) is 7.99. The van der Waals surface area contributed by atoms with Crippen LogP contribution in [-0.4, -0.2) is 28.1 Å². The Labute approximate surface area is 120 Å². The lowest BCUT2D eigenvalue weighted by Gasteiger charge is -2.09. The van der Waals surface area contributed by atoms with Crippen LogP contribution < -0.4 is 4.74 Å². The van der Waals surface area contributed by atoms with Crippen LogP contribution in [0.3, 0.4) is 0 Å². The molecular weight excluding hydrogens is 252 g/mol. The lowest BCUT2D eigenvalue weighted by atomic mass is 10.0. The van der Waals surface area contributed by atoms with Crippen LogP contribution >= 0.6 is 0 Å². The zero-order valence-corrected chi connectivity index (χ0v) is 12.1. The van der Waals surface area contributed by atoms with Gasteiger partial charge in [-0.25, -0.2) is 0 Å². The largest absolute Gasteiger partial charge is 0.497 e. The Bertz CT molecular complexity index is 520. The molecule has 1 aromatic heterocycles. The van der Waals surface area contributed by atoms with E-state index in [2.05, 4.69) is 12.0 Å². The smallest absolute Gasteiger partial charge is 0.118 e. The van der Waals surface area contributed by atoms with Crippen LogP contribution in [0.25, 0.3) is 0 Å². The van der Waals surface area contributed by atoms with Crippen molar-refractivity contribution in [2.75, 3.05) is 7.11 Å². The molecule has 0 aliphatic carbocycles. The monoisotopic (exact) mass is 274 g/mol. The molecule has 1 atom stereocenters. The van der Waals surface area contributed by atoms with Crippen molar-refractivity contribution in [2.45, 2.75) is 38.8 Å². The summed E-state index contributed by atoms with van der Waals surface area (Å²) >= 11 is 0. The quantitative estimate of drug-likeness (QED) is 0.843. The van der Waals surface area contributed by atoms with Crippen LogP contribution in [-0.2, 0) is 19.4 Å². The second-order valence-corrected chi connectivity index (χ2v) is 4.95. The topological polar surface area (TPSA) is 47.3 Å². The average molecular weight is 274 g/mol. The molecule has 0 saturated heterocycles. The molecular formula is C16H22N2O2. The highest BCUT2D eigenvalue weighted by Gasteiger charge is 2.08. The first-order valence-electron chi connectivity index (χ1n) is 7.03. The molecule has 0 fully saturated rings. The highest BCUT2D eigenvalue weighted by Crippen LogP contribution is 2.14. The van der Waals surface area contributed by atoms with Gasteiger partial charge < -0.3 is 9.84 Å². The van der Waals surface area contributed by atoms with E-state index in [1.54, 1.807) is 7.11 Å². The van der Waals surface area contributed by atoms with Gasteiger partial charge in [-0.2, -0.15) is 5.10 Å². The van der Waals surface area contributed by atoms with Gasteiger partial charge in [0.05, 0.1) is 19.4 Å². The van der Waals surface area contributed by atoms with E-state index in [1.165, 1.54) is 5.56 Å². The first-order valence-corrected chi connectivity index (χ1v) is 7.03. The summed E-state index contributed by atoms with van der Waals surface area (Å²) in [5, 5.41) is 14.3. The Kier molecular flexibility index (Phi) is 5.18. The number of aliphatic hydroxyl groups excluding tert-OH is 1. The molecule has 1 aromatic carbocycles. The molecule has 0 spiro atoms. The van der Waals surface area contributed by atoms with Crippen molar-refractivity contribution < 1.29 is 9.84 Å². The normalized spacial score (nSPS) is 12.3. The number of hydrogen-bond donors (Lipinski definition) is 1. The van der Waals surface area contributed by atoms with E-state index >= 15 is 0 Å². The number of rotatable bonds is 7. The van der Waals surface area contributed by atoms with E-state index < -0.39 is 0 Å². The zero-order valence-electron chi connectivity index (χ0n) is 12.1. The first kappa shape index (κ1) is 14.6. The molecule has 0 bridgehead atoms. The van der Waals surface area contributed by atoms with Crippen molar-refractivity contribution in [3.63, 3.8) is 0 Å². The predicted octanol–water partition coefficient (Wildman–Crippen LogP) is 2.45. The maximum Gasteiger partial charge on any atom is 0.118 e. The second kappa shape index (κ2) is 7.10. The zero-order chi connectivity index (χ0) is 14.4. The highest BCUT2D eigenvalue weighted by molar-refractivity contribution is 5.27. The minimum absolute atomic E-state index is 0.327. The number of methoxy groups -OCH3 is 1. The maximum absolute atomic E-state index is 10.1. The molecule has 1 heterocycles. The fourth-order valence-electron chi connectivity index (χ4n) is 2.18. The van der Waals surface area contributed by atoms with Gasteiger partial charge in [0, 0.05) is 19.2 Å². The summed E-state index contributed by atoms with van der Waals surface area (Å²) in [5.74, 6) is 0.862. The average Bonchev–Trinajstić information content (AvgIpc) is 2.93. The number of aliphatic hydroxyl groups is 1. The first-order chi connectivity index (χ1) is 9.71. The van der Waals surface area contributed by atoms with Crippen LogP contribution in [0.1, 0.15) is 24.5 Å². The lowest BCUT2D eigenvalue weighted by molar-refractivity contribution is 0.165. The molecule has 1 N–H and O–H groups in total. The third-order valence-corrected chi connectivity index (χ3v) is 3.41. The van der Waals surface area contributed by atoms with Gasteiger partial charge in [0.25, 0.3) is 0 Å². The summed E-state index contributed by atoms with van der Waals surface area (Å²) in [5.41, 5.74) is 2.31. The minimum Gasteiger partial charge on any atom is -0.497 e. The fraction of sp³-hybridized carbons (Fsp3) is 0.438. The maximum atomic E-state index is 10.1. The number of ether oxygens (including phenoxy) is 1. The van der Waals surface area contributed by atoms with Crippen LogP contribution in [0.5, 0.6) is 5.75 Å². The molecule has 2 aromatic rings. The van der Waals surface area contributed by atoms with Crippen LogP contribution in [0.15, 0.2) is 36.7 Å². The Morgan fingerprint density at radius 2 is 2.00 bits per heavy atom. The highest BCUT2D eigenvalue weighted by atomic mass is 16.5.